The Labute approximate surface area is 81.3 Å². The van der Waals surface area contributed by atoms with Crippen molar-refractivity contribution in [2.45, 2.75) is 5.51 Å². The van der Waals surface area contributed by atoms with E-state index in [1.165, 1.54) is 0 Å². The molecule has 0 heterocycles. The van der Waals surface area contributed by atoms with Crippen LogP contribution in [0.1, 0.15) is 0 Å². The fraction of sp³-hybridized carbons (Fsp3) is 1.00. The molecule has 0 aromatic rings. The third kappa shape index (κ3) is 41.8. The zero-order chi connectivity index (χ0) is 4.50. The summed E-state index contributed by atoms with van der Waals surface area (Å²) in [7, 11) is 0. The molecule has 0 atom stereocenters. The molecule has 34 valence electrons. The molecular formula is CH2F3KS. The van der Waals surface area contributed by atoms with E-state index in [1.54, 1.807) is 0 Å². The van der Waals surface area contributed by atoms with Crippen molar-refractivity contribution in [3.63, 3.8) is 0 Å². The van der Waals surface area contributed by atoms with Gasteiger partial charge in [-0.25, -0.2) is 0 Å². The van der Waals surface area contributed by atoms with Crippen molar-refractivity contribution in [3.05, 3.63) is 0 Å². The molecule has 0 rings (SSSR count). The summed E-state index contributed by atoms with van der Waals surface area (Å²) in [4.78, 5) is 0. The second-order valence-electron chi connectivity index (χ2n) is 0.468. The molecule has 0 aliphatic carbocycles. The molecule has 0 fully saturated rings. The van der Waals surface area contributed by atoms with Crippen LogP contribution in [0.15, 0.2) is 0 Å². The van der Waals surface area contributed by atoms with Gasteiger partial charge < -0.3 is 0 Å². The van der Waals surface area contributed by atoms with Crippen LogP contribution < -0.4 is 0 Å². The van der Waals surface area contributed by atoms with Crippen molar-refractivity contribution in [3.8, 4) is 0 Å². The summed E-state index contributed by atoms with van der Waals surface area (Å²) in [6.45, 7) is 0. The number of hydrogen-bond donors (Lipinski definition) is 1. The molecule has 0 radical (unpaired) electrons. The van der Waals surface area contributed by atoms with E-state index >= 15 is 0 Å². The molecule has 0 aromatic carbocycles. The Kier molecular flexibility index (Phi) is 6.67. The average Bonchev–Trinajstić information content (AvgIpc) is 0.722. The van der Waals surface area contributed by atoms with Crippen LogP contribution in [-0.2, 0) is 0 Å². The predicted molar refractivity (Wildman–Crippen MR) is 22.2 cm³/mol. The number of rotatable bonds is 0. The van der Waals surface area contributed by atoms with Crippen LogP contribution >= 0.6 is 12.6 Å². The van der Waals surface area contributed by atoms with E-state index in [1.807, 2.05) is 0 Å². The summed E-state index contributed by atoms with van der Waals surface area (Å²) in [5.74, 6) is 0. The molecule has 0 aromatic heterocycles. The van der Waals surface area contributed by atoms with Gasteiger partial charge in [0, 0.05) is 0 Å². The number of alkyl halides is 3. The minimum absolute atomic E-state index is 0. The van der Waals surface area contributed by atoms with Crippen LogP contribution in [0.3, 0.4) is 0 Å². The van der Waals surface area contributed by atoms with Gasteiger partial charge in [-0.05, 0) is 0 Å². The topological polar surface area (TPSA) is 0 Å². The molecule has 0 unspecified atom stereocenters. The number of halogens is 3. The van der Waals surface area contributed by atoms with E-state index in [4.69, 9.17) is 0 Å². The second-order valence-corrected chi connectivity index (χ2v) is 0.975. The first-order valence-corrected chi connectivity index (χ1v) is 1.24. The molecule has 0 spiro atoms. The number of hydrogen-bond acceptors (Lipinski definition) is 1. The van der Waals surface area contributed by atoms with Crippen molar-refractivity contribution in [1.82, 2.24) is 0 Å². The van der Waals surface area contributed by atoms with Crippen molar-refractivity contribution in [2.24, 2.45) is 0 Å². The first-order valence-electron chi connectivity index (χ1n) is 0.791. The van der Waals surface area contributed by atoms with Gasteiger partial charge in [0.25, 0.3) is 0 Å². The molecule has 0 nitrogen and oxygen atoms in total. The van der Waals surface area contributed by atoms with Gasteiger partial charge in [0.15, 0.2) is 0 Å². The van der Waals surface area contributed by atoms with Gasteiger partial charge in [0.05, 0.1) is 0 Å². The van der Waals surface area contributed by atoms with E-state index in [9.17, 15) is 13.2 Å². The molecule has 6 heavy (non-hydrogen) atoms. The summed E-state index contributed by atoms with van der Waals surface area (Å²) in [6.07, 6.45) is 0. The summed E-state index contributed by atoms with van der Waals surface area (Å²) in [5.41, 5.74) is -4.31. The quantitative estimate of drug-likeness (QED) is 0.375. The van der Waals surface area contributed by atoms with Gasteiger partial charge in [-0.3, -0.25) is 0 Å². The van der Waals surface area contributed by atoms with Crippen molar-refractivity contribution < 1.29 is 13.2 Å². The Morgan fingerprint density at radius 3 is 1.17 bits per heavy atom. The fourth-order valence-electron chi connectivity index (χ4n) is 0. The standard InChI is InChI=1S/CHF3S.K.H/c2-1(3,4)5;;/h5H;;. The molecule has 0 aliphatic rings. The Bertz CT molecular complexity index is 26.3. The van der Waals surface area contributed by atoms with E-state index in [0.29, 0.717) is 0 Å². The summed E-state index contributed by atoms with van der Waals surface area (Å²) < 4.78 is 30.7. The van der Waals surface area contributed by atoms with E-state index in [0.717, 1.165) is 0 Å². The Hall–Kier alpha value is 1.78. The van der Waals surface area contributed by atoms with Crippen molar-refractivity contribution in [2.75, 3.05) is 0 Å². The van der Waals surface area contributed by atoms with Crippen LogP contribution in [0.2, 0.25) is 0 Å². The Balaban J connectivity index is 0. The van der Waals surface area contributed by atoms with Gasteiger partial charge in [-0.1, -0.05) is 12.6 Å². The summed E-state index contributed by atoms with van der Waals surface area (Å²) in [6, 6.07) is 0. The molecule has 5 heteroatoms. The van der Waals surface area contributed by atoms with Gasteiger partial charge in [-0.15, -0.1) is 0 Å². The zero-order valence-electron chi connectivity index (χ0n) is 2.08. The monoisotopic (exact) mass is 142 g/mol. The SMILES string of the molecule is FC(F)(F)S.[KH]. The van der Waals surface area contributed by atoms with Crippen LogP contribution in [0.5, 0.6) is 0 Å². The molecule has 0 saturated carbocycles. The summed E-state index contributed by atoms with van der Waals surface area (Å²) >= 11 is 2.12. The predicted octanol–water partition coefficient (Wildman–Crippen LogP) is 0.787. The zero-order valence-corrected chi connectivity index (χ0v) is 2.98. The normalized spacial score (nSPS) is 10.0. The van der Waals surface area contributed by atoms with Crippen LogP contribution in [0.25, 0.3) is 0 Å². The van der Waals surface area contributed by atoms with Crippen molar-refractivity contribution >= 4 is 64.0 Å². The van der Waals surface area contributed by atoms with Crippen LogP contribution in [0.4, 0.5) is 13.2 Å². The van der Waals surface area contributed by atoms with Gasteiger partial charge in [0.1, 0.15) is 0 Å². The minimum atomic E-state index is -4.31. The molecule has 0 bridgehead atoms. The maximum atomic E-state index is 10.2. The van der Waals surface area contributed by atoms with E-state index in [2.05, 4.69) is 12.6 Å². The maximum absolute atomic E-state index is 10.2. The van der Waals surface area contributed by atoms with E-state index in [-0.39, 0.29) is 51.4 Å². The molecule has 0 N–H and O–H groups in total. The van der Waals surface area contributed by atoms with Crippen LogP contribution in [-0.4, -0.2) is 56.9 Å². The van der Waals surface area contributed by atoms with E-state index < -0.39 is 5.51 Å². The first kappa shape index (κ1) is 10.7. The average molecular weight is 142 g/mol. The van der Waals surface area contributed by atoms with Crippen molar-refractivity contribution in [1.29, 1.82) is 0 Å². The van der Waals surface area contributed by atoms with Gasteiger partial charge >= 0.3 is 56.9 Å². The fourth-order valence-corrected chi connectivity index (χ4v) is 0. The Morgan fingerprint density at radius 1 is 1.17 bits per heavy atom. The Morgan fingerprint density at radius 2 is 1.17 bits per heavy atom. The molecule has 0 aliphatic heterocycles. The second kappa shape index (κ2) is 3.74. The van der Waals surface area contributed by atoms with Crippen LogP contribution in [0, 0.1) is 0 Å². The summed E-state index contributed by atoms with van der Waals surface area (Å²) in [5, 5.41) is 0. The molecule has 0 amide bonds. The van der Waals surface area contributed by atoms with Gasteiger partial charge in [0.2, 0.25) is 0 Å². The third-order valence-corrected chi connectivity index (χ3v) is 0. The third-order valence-electron chi connectivity index (χ3n) is 0. The molecule has 0 saturated heterocycles. The van der Waals surface area contributed by atoms with Gasteiger partial charge in [-0.2, -0.15) is 13.2 Å². The first-order chi connectivity index (χ1) is 2.00. The number of thiol groups is 1. The molecular weight excluding hydrogens is 140 g/mol.